The van der Waals surface area contributed by atoms with Crippen LogP contribution in [0.2, 0.25) is 0 Å². The number of amides is 1. The number of carbonyl (C=O) groups excluding carboxylic acids is 1. The summed E-state index contributed by atoms with van der Waals surface area (Å²) in [5.74, 6) is 0.535. The van der Waals surface area contributed by atoms with E-state index in [1.165, 1.54) is 12.3 Å². The number of furan rings is 1. The van der Waals surface area contributed by atoms with Crippen LogP contribution >= 0.6 is 0 Å². The fourth-order valence-corrected chi connectivity index (χ4v) is 1.03. The van der Waals surface area contributed by atoms with Gasteiger partial charge < -0.3 is 10.2 Å². The zero-order valence-corrected chi connectivity index (χ0v) is 6.60. The Kier molecular flexibility index (Phi) is 1.63. The van der Waals surface area contributed by atoms with E-state index < -0.39 is 6.03 Å². The molecule has 2 aromatic heterocycles. The molecular weight excluding hydrogens is 170 g/mol. The second-order valence-electron chi connectivity index (χ2n) is 2.39. The molecule has 2 heterocycles. The highest BCUT2D eigenvalue weighted by Gasteiger charge is 2.10. The SMILES string of the molecule is NC(=O)n1n[c]cc1-c1ccco1. The standard InChI is InChI=1S/C8H6N3O2/c9-8(12)11-6(3-4-10-11)7-2-1-5-13-7/h1-3,5H,(H2,9,12). The summed E-state index contributed by atoms with van der Waals surface area (Å²) in [6.45, 7) is 0. The molecule has 13 heavy (non-hydrogen) atoms. The lowest BCUT2D eigenvalue weighted by Crippen LogP contribution is -2.21. The summed E-state index contributed by atoms with van der Waals surface area (Å²) in [7, 11) is 0. The van der Waals surface area contributed by atoms with Crippen molar-refractivity contribution in [3.63, 3.8) is 0 Å². The first kappa shape index (κ1) is 7.60. The van der Waals surface area contributed by atoms with Gasteiger partial charge in [0, 0.05) is 0 Å². The second-order valence-corrected chi connectivity index (χ2v) is 2.39. The Morgan fingerprint density at radius 1 is 1.69 bits per heavy atom. The largest absolute Gasteiger partial charge is 0.463 e. The maximum absolute atomic E-state index is 10.8. The number of hydrogen-bond donors (Lipinski definition) is 1. The number of hydrogen-bond acceptors (Lipinski definition) is 3. The minimum absolute atomic E-state index is 0.498. The lowest BCUT2D eigenvalue weighted by atomic mass is 10.3. The molecular formula is C8H6N3O2. The minimum atomic E-state index is -0.660. The van der Waals surface area contributed by atoms with Crippen molar-refractivity contribution in [1.29, 1.82) is 0 Å². The number of rotatable bonds is 1. The Balaban J connectivity index is 2.52. The molecule has 0 aliphatic heterocycles. The maximum Gasteiger partial charge on any atom is 0.340 e. The van der Waals surface area contributed by atoms with Crippen LogP contribution < -0.4 is 5.73 Å². The summed E-state index contributed by atoms with van der Waals surface area (Å²) >= 11 is 0. The van der Waals surface area contributed by atoms with Gasteiger partial charge in [-0.1, -0.05) is 0 Å². The van der Waals surface area contributed by atoms with Crippen molar-refractivity contribution in [2.24, 2.45) is 5.73 Å². The second kappa shape index (κ2) is 2.78. The average molecular weight is 176 g/mol. The smallest absolute Gasteiger partial charge is 0.340 e. The van der Waals surface area contributed by atoms with E-state index in [2.05, 4.69) is 11.3 Å². The fourth-order valence-electron chi connectivity index (χ4n) is 1.03. The molecule has 2 N–H and O–H groups in total. The Hall–Kier alpha value is -2.04. The maximum atomic E-state index is 10.8. The highest BCUT2D eigenvalue weighted by molar-refractivity contribution is 5.78. The predicted molar refractivity (Wildman–Crippen MR) is 43.7 cm³/mol. The predicted octanol–water partition coefficient (Wildman–Crippen LogP) is 0.870. The molecule has 0 atom stereocenters. The first-order chi connectivity index (χ1) is 6.29. The van der Waals surface area contributed by atoms with Crippen LogP contribution in [0.4, 0.5) is 4.79 Å². The Morgan fingerprint density at radius 3 is 3.15 bits per heavy atom. The van der Waals surface area contributed by atoms with Gasteiger partial charge in [0.2, 0.25) is 0 Å². The Labute approximate surface area is 73.8 Å². The molecule has 0 saturated heterocycles. The zero-order chi connectivity index (χ0) is 9.26. The van der Waals surface area contributed by atoms with E-state index in [-0.39, 0.29) is 0 Å². The van der Waals surface area contributed by atoms with Crippen molar-refractivity contribution in [3.05, 3.63) is 30.7 Å². The lowest BCUT2D eigenvalue weighted by Gasteiger charge is -1.97. The molecule has 5 nitrogen and oxygen atoms in total. The van der Waals surface area contributed by atoms with Gasteiger partial charge in [0.05, 0.1) is 6.26 Å². The molecule has 1 radical (unpaired) electrons. The van der Waals surface area contributed by atoms with Gasteiger partial charge in [0.15, 0.2) is 5.76 Å². The summed E-state index contributed by atoms with van der Waals surface area (Å²) in [4.78, 5) is 10.8. The molecule has 0 unspecified atom stereocenters. The van der Waals surface area contributed by atoms with Crippen LogP contribution in [0.15, 0.2) is 28.9 Å². The van der Waals surface area contributed by atoms with E-state index in [1.807, 2.05) is 0 Å². The van der Waals surface area contributed by atoms with E-state index in [0.717, 1.165) is 4.68 Å². The van der Waals surface area contributed by atoms with Crippen molar-refractivity contribution in [1.82, 2.24) is 9.78 Å². The van der Waals surface area contributed by atoms with Crippen LogP contribution in [-0.2, 0) is 0 Å². The quantitative estimate of drug-likeness (QED) is 0.700. The normalized spacial score (nSPS) is 10.2. The summed E-state index contributed by atoms with van der Waals surface area (Å²) in [5, 5.41) is 3.63. The van der Waals surface area contributed by atoms with Gasteiger partial charge >= 0.3 is 6.03 Å². The number of aromatic nitrogens is 2. The van der Waals surface area contributed by atoms with E-state index in [9.17, 15) is 4.79 Å². The molecule has 65 valence electrons. The summed E-state index contributed by atoms with van der Waals surface area (Å²) in [6.07, 6.45) is 4.03. The van der Waals surface area contributed by atoms with Gasteiger partial charge in [-0.25, -0.2) is 4.79 Å². The van der Waals surface area contributed by atoms with Crippen LogP contribution in [0, 0.1) is 6.20 Å². The van der Waals surface area contributed by atoms with E-state index in [0.29, 0.717) is 11.5 Å². The van der Waals surface area contributed by atoms with E-state index in [4.69, 9.17) is 10.2 Å². The molecule has 0 spiro atoms. The molecule has 2 aromatic rings. The Morgan fingerprint density at radius 2 is 2.54 bits per heavy atom. The molecule has 0 aliphatic rings. The molecule has 2 rings (SSSR count). The van der Waals surface area contributed by atoms with Crippen molar-refractivity contribution < 1.29 is 9.21 Å². The van der Waals surface area contributed by atoms with Crippen molar-refractivity contribution in [3.8, 4) is 11.5 Å². The van der Waals surface area contributed by atoms with Gasteiger partial charge in [-0.2, -0.15) is 9.78 Å². The van der Waals surface area contributed by atoms with Gasteiger partial charge in [-0.05, 0) is 18.2 Å². The highest BCUT2D eigenvalue weighted by atomic mass is 16.3. The third-order valence-electron chi connectivity index (χ3n) is 1.57. The number of carbonyl (C=O) groups is 1. The van der Waals surface area contributed by atoms with E-state index in [1.54, 1.807) is 12.1 Å². The summed E-state index contributed by atoms with van der Waals surface area (Å²) < 4.78 is 6.11. The van der Waals surface area contributed by atoms with Gasteiger partial charge in [-0.3, -0.25) is 0 Å². The molecule has 0 aliphatic carbocycles. The molecule has 0 saturated carbocycles. The molecule has 0 bridgehead atoms. The van der Waals surface area contributed by atoms with Crippen LogP contribution in [0.3, 0.4) is 0 Å². The lowest BCUT2D eigenvalue weighted by molar-refractivity contribution is 0.248. The summed E-state index contributed by atoms with van der Waals surface area (Å²) in [6, 6.07) is 4.30. The summed E-state index contributed by atoms with van der Waals surface area (Å²) in [5.41, 5.74) is 5.56. The van der Waals surface area contributed by atoms with Crippen molar-refractivity contribution in [2.75, 3.05) is 0 Å². The van der Waals surface area contributed by atoms with Crippen LogP contribution in [0.1, 0.15) is 0 Å². The van der Waals surface area contributed by atoms with Gasteiger partial charge in [0.1, 0.15) is 11.9 Å². The van der Waals surface area contributed by atoms with Crippen LogP contribution in [0.25, 0.3) is 11.5 Å². The monoisotopic (exact) mass is 176 g/mol. The molecule has 0 fully saturated rings. The number of nitrogens with two attached hydrogens (primary N) is 1. The first-order valence-corrected chi connectivity index (χ1v) is 3.59. The van der Waals surface area contributed by atoms with Crippen molar-refractivity contribution in [2.45, 2.75) is 0 Å². The third kappa shape index (κ3) is 1.20. The van der Waals surface area contributed by atoms with E-state index >= 15 is 0 Å². The minimum Gasteiger partial charge on any atom is -0.463 e. The van der Waals surface area contributed by atoms with Crippen LogP contribution in [-0.4, -0.2) is 15.8 Å². The zero-order valence-electron chi connectivity index (χ0n) is 6.60. The molecule has 5 heteroatoms. The number of nitrogens with zero attached hydrogens (tertiary/aromatic N) is 2. The molecule has 0 aromatic carbocycles. The third-order valence-corrected chi connectivity index (χ3v) is 1.57. The Bertz CT molecular complexity index is 416. The first-order valence-electron chi connectivity index (χ1n) is 3.59. The molecule has 1 amide bonds. The van der Waals surface area contributed by atoms with Gasteiger partial charge in [-0.15, -0.1) is 0 Å². The highest BCUT2D eigenvalue weighted by Crippen LogP contribution is 2.17. The fraction of sp³-hybridized carbons (Fsp3) is 0. The van der Waals surface area contributed by atoms with Crippen molar-refractivity contribution >= 4 is 6.03 Å². The topological polar surface area (TPSA) is 74.1 Å². The average Bonchev–Trinajstić information content (AvgIpc) is 2.74. The number of primary amides is 1. The van der Waals surface area contributed by atoms with Gasteiger partial charge in [0.25, 0.3) is 0 Å². The van der Waals surface area contributed by atoms with Crippen LogP contribution in [0.5, 0.6) is 0 Å².